The Hall–Kier alpha value is -4.87. The van der Waals surface area contributed by atoms with E-state index in [1.165, 1.54) is 10.9 Å². The molecule has 182 valence electrons. The lowest BCUT2D eigenvalue weighted by Gasteiger charge is -2.13. The highest BCUT2D eigenvalue weighted by Gasteiger charge is 2.18. The van der Waals surface area contributed by atoms with Crippen LogP contribution in [0.3, 0.4) is 0 Å². The zero-order valence-corrected chi connectivity index (χ0v) is 19.7. The first-order valence-electron chi connectivity index (χ1n) is 11.1. The molecule has 0 radical (unpaired) electrons. The Morgan fingerprint density at radius 3 is 2.67 bits per heavy atom. The van der Waals surface area contributed by atoms with E-state index in [0.717, 1.165) is 23.1 Å². The standard InChI is InChI=1S/C24H22FN9O2/c1-13-8-20(30-21-9-14(2)32-33-21)31-23(28-13)18-5-6-19(36-18)24(35)29-15(3)16-4-7-22(26-10-16)34-12-17(25)11-27-34/h4-12,15H,1-3H3,(H,29,35)(H2,28,30,31,32,33). The van der Waals surface area contributed by atoms with Crippen LogP contribution in [-0.2, 0) is 0 Å². The number of anilines is 2. The summed E-state index contributed by atoms with van der Waals surface area (Å²) in [6.07, 6.45) is 3.94. The maximum atomic E-state index is 13.2. The monoisotopic (exact) mass is 487 g/mol. The van der Waals surface area contributed by atoms with E-state index in [-0.39, 0.29) is 11.8 Å². The lowest BCUT2D eigenvalue weighted by Crippen LogP contribution is -2.26. The van der Waals surface area contributed by atoms with E-state index in [2.05, 4.69) is 40.9 Å². The molecule has 1 unspecified atom stereocenters. The van der Waals surface area contributed by atoms with Crippen LogP contribution >= 0.6 is 0 Å². The molecule has 0 saturated carbocycles. The van der Waals surface area contributed by atoms with Crippen LogP contribution in [0.5, 0.6) is 0 Å². The number of hydrogen-bond donors (Lipinski definition) is 3. The number of rotatable bonds is 7. The third-order valence-electron chi connectivity index (χ3n) is 5.27. The molecular weight excluding hydrogens is 465 g/mol. The molecule has 3 N–H and O–H groups in total. The number of aromatic nitrogens is 7. The van der Waals surface area contributed by atoms with Gasteiger partial charge in [0.1, 0.15) is 5.82 Å². The molecule has 5 rings (SSSR count). The summed E-state index contributed by atoms with van der Waals surface area (Å²) in [7, 11) is 0. The molecule has 11 nitrogen and oxygen atoms in total. The Labute approximate surface area is 204 Å². The Kier molecular flexibility index (Phi) is 5.98. The number of pyridine rings is 1. The van der Waals surface area contributed by atoms with Gasteiger partial charge >= 0.3 is 0 Å². The van der Waals surface area contributed by atoms with Gasteiger partial charge in [-0.25, -0.2) is 24.0 Å². The van der Waals surface area contributed by atoms with Gasteiger partial charge in [-0.2, -0.15) is 10.2 Å². The number of aryl methyl sites for hydroxylation is 2. The first kappa shape index (κ1) is 22.9. The Morgan fingerprint density at radius 2 is 1.97 bits per heavy atom. The molecule has 0 aromatic carbocycles. The molecule has 5 aromatic rings. The second-order valence-electron chi connectivity index (χ2n) is 8.19. The van der Waals surface area contributed by atoms with Crippen molar-refractivity contribution in [2.75, 3.05) is 5.32 Å². The summed E-state index contributed by atoms with van der Waals surface area (Å²) in [5, 5.41) is 16.9. The van der Waals surface area contributed by atoms with Gasteiger partial charge in [-0.15, -0.1) is 0 Å². The summed E-state index contributed by atoms with van der Waals surface area (Å²) in [6, 6.07) is 9.99. The SMILES string of the molecule is Cc1cc(Nc2cc(C)[nH]n2)nc(-c2ccc(C(=O)NC(C)c3ccc(-n4cc(F)cn4)nc3)o2)n1. The smallest absolute Gasteiger partial charge is 0.287 e. The summed E-state index contributed by atoms with van der Waals surface area (Å²) in [4.78, 5) is 26.0. The van der Waals surface area contributed by atoms with Gasteiger partial charge in [0.25, 0.3) is 5.91 Å². The van der Waals surface area contributed by atoms with Crippen molar-refractivity contribution in [1.82, 2.24) is 40.2 Å². The van der Waals surface area contributed by atoms with Crippen molar-refractivity contribution in [3.05, 3.63) is 83.5 Å². The topological polar surface area (TPSA) is 139 Å². The largest absolute Gasteiger partial charge is 0.448 e. The molecule has 36 heavy (non-hydrogen) atoms. The van der Waals surface area contributed by atoms with E-state index < -0.39 is 11.7 Å². The van der Waals surface area contributed by atoms with E-state index in [4.69, 9.17) is 4.42 Å². The Balaban J connectivity index is 1.27. The van der Waals surface area contributed by atoms with Crippen LogP contribution < -0.4 is 10.6 Å². The van der Waals surface area contributed by atoms with Crippen LogP contribution in [0.1, 0.15) is 40.5 Å². The molecular formula is C24H22FN9O2. The number of hydrogen-bond acceptors (Lipinski definition) is 8. The van der Waals surface area contributed by atoms with E-state index >= 15 is 0 Å². The molecule has 0 bridgehead atoms. The molecule has 12 heteroatoms. The summed E-state index contributed by atoms with van der Waals surface area (Å²) < 4.78 is 20.3. The highest BCUT2D eigenvalue weighted by atomic mass is 19.1. The number of nitrogens with zero attached hydrogens (tertiary/aromatic N) is 6. The maximum absolute atomic E-state index is 13.2. The number of nitrogens with one attached hydrogen (secondary N) is 3. The van der Waals surface area contributed by atoms with Crippen molar-refractivity contribution in [2.24, 2.45) is 0 Å². The summed E-state index contributed by atoms with van der Waals surface area (Å²) in [5.41, 5.74) is 2.40. The van der Waals surface area contributed by atoms with E-state index in [0.29, 0.717) is 29.0 Å². The van der Waals surface area contributed by atoms with Crippen LogP contribution in [0, 0.1) is 19.7 Å². The number of furan rings is 1. The fourth-order valence-electron chi connectivity index (χ4n) is 3.50. The maximum Gasteiger partial charge on any atom is 0.287 e. The second-order valence-corrected chi connectivity index (χ2v) is 8.19. The molecule has 0 spiro atoms. The highest BCUT2D eigenvalue weighted by Crippen LogP contribution is 2.23. The van der Waals surface area contributed by atoms with Gasteiger partial charge in [0.15, 0.2) is 34.8 Å². The number of H-pyrrole nitrogens is 1. The van der Waals surface area contributed by atoms with Crippen LogP contribution in [0.15, 0.2) is 59.4 Å². The van der Waals surface area contributed by atoms with Gasteiger partial charge in [0.05, 0.1) is 18.4 Å². The first-order chi connectivity index (χ1) is 17.3. The van der Waals surface area contributed by atoms with Crippen LogP contribution in [0.4, 0.5) is 16.0 Å². The molecule has 0 aliphatic heterocycles. The van der Waals surface area contributed by atoms with Crippen molar-refractivity contribution < 1.29 is 13.6 Å². The Morgan fingerprint density at radius 1 is 1.11 bits per heavy atom. The third-order valence-corrected chi connectivity index (χ3v) is 5.27. The predicted octanol–water partition coefficient (Wildman–Crippen LogP) is 4.03. The molecule has 1 amide bonds. The molecule has 0 fully saturated rings. The predicted molar refractivity (Wildman–Crippen MR) is 128 cm³/mol. The van der Waals surface area contributed by atoms with Crippen molar-refractivity contribution in [1.29, 1.82) is 0 Å². The molecule has 0 aliphatic carbocycles. The van der Waals surface area contributed by atoms with Crippen molar-refractivity contribution in [3.63, 3.8) is 0 Å². The van der Waals surface area contributed by atoms with Crippen LogP contribution in [0.25, 0.3) is 17.4 Å². The lowest BCUT2D eigenvalue weighted by molar-refractivity contribution is 0.0912. The van der Waals surface area contributed by atoms with Crippen LogP contribution in [-0.4, -0.2) is 40.8 Å². The minimum atomic E-state index is -0.448. The Bertz CT molecular complexity index is 1520. The summed E-state index contributed by atoms with van der Waals surface area (Å²) in [5.74, 6) is 1.61. The minimum Gasteiger partial charge on any atom is -0.448 e. The van der Waals surface area contributed by atoms with E-state index in [1.807, 2.05) is 26.8 Å². The average Bonchev–Trinajstić information content (AvgIpc) is 3.60. The molecule has 1 atom stereocenters. The highest BCUT2D eigenvalue weighted by molar-refractivity contribution is 5.92. The third kappa shape index (κ3) is 4.97. The molecule has 5 heterocycles. The number of carbonyl (C=O) groups is 1. The van der Waals surface area contributed by atoms with Crippen molar-refractivity contribution in [3.8, 4) is 17.4 Å². The van der Waals surface area contributed by atoms with Crippen molar-refractivity contribution in [2.45, 2.75) is 26.8 Å². The second kappa shape index (κ2) is 9.41. The summed E-state index contributed by atoms with van der Waals surface area (Å²) >= 11 is 0. The van der Waals surface area contributed by atoms with E-state index in [1.54, 1.807) is 36.5 Å². The number of carbonyl (C=O) groups excluding carboxylic acids is 1. The normalized spacial score (nSPS) is 11.9. The zero-order chi connectivity index (χ0) is 25.2. The van der Waals surface area contributed by atoms with Gasteiger partial charge < -0.3 is 15.1 Å². The van der Waals surface area contributed by atoms with E-state index in [9.17, 15) is 9.18 Å². The number of aromatic amines is 1. The zero-order valence-electron chi connectivity index (χ0n) is 19.7. The van der Waals surface area contributed by atoms with Gasteiger partial charge in [-0.3, -0.25) is 9.89 Å². The number of halogens is 1. The van der Waals surface area contributed by atoms with Crippen molar-refractivity contribution >= 4 is 17.5 Å². The van der Waals surface area contributed by atoms with Gasteiger partial charge in [0.2, 0.25) is 0 Å². The van der Waals surface area contributed by atoms with Crippen LogP contribution in [0.2, 0.25) is 0 Å². The summed E-state index contributed by atoms with van der Waals surface area (Å²) in [6.45, 7) is 5.57. The quantitative estimate of drug-likeness (QED) is 0.313. The first-order valence-corrected chi connectivity index (χ1v) is 11.1. The van der Waals surface area contributed by atoms with Gasteiger partial charge in [-0.05, 0) is 44.5 Å². The fraction of sp³-hybridized carbons (Fsp3) is 0.167. The van der Waals surface area contributed by atoms with Gasteiger partial charge in [0, 0.05) is 29.7 Å². The molecule has 5 aromatic heterocycles. The lowest BCUT2D eigenvalue weighted by atomic mass is 10.1. The number of amides is 1. The molecule has 0 aliphatic rings. The minimum absolute atomic E-state index is 0.121. The fourth-order valence-corrected chi connectivity index (χ4v) is 3.50. The molecule has 0 saturated heterocycles. The van der Waals surface area contributed by atoms with Gasteiger partial charge in [-0.1, -0.05) is 6.07 Å². The average molecular weight is 487 g/mol.